The summed E-state index contributed by atoms with van der Waals surface area (Å²) >= 11 is 0. The van der Waals surface area contributed by atoms with E-state index in [1.807, 2.05) is 30.3 Å². The van der Waals surface area contributed by atoms with Gasteiger partial charge in [0.15, 0.2) is 0 Å². The lowest BCUT2D eigenvalue weighted by molar-refractivity contribution is 0.483. The van der Waals surface area contributed by atoms with Gasteiger partial charge in [0.25, 0.3) is 5.56 Å². The fraction of sp³-hybridized carbons (Fsp3) is 0. The number of hydrogen-bond donors (Lipinski definition) is 1. The Morgan fingerprint density at radius 1 is 1.00 bits per heavy atom. The van der Waals surface area contributed by atoms with Crippen LogP contribution < -0.4 is 10.3 Å². The van der Waals surface area contributed by atoms with E-state index in [-0.39, 0.29) is 5.56 Å². The van der Waals surface area contributed by atoms with Crippen molar-refractivity contribution in [2.24, 2.45) is 0 Å². The van der Waals surface area contributed by atoms with Gasteiger partial charge in [0, 0.05) is 12.4 Å². The van der Waals surface area contributed by atoms with E-state index in [1.165, 1.54) is 4.68 Å². The topological polar surface area (TPSA) is 72.8 Å². The number of aromatic nitrogens is 4. The summed E-state index contributed by atoms with van der Waals surface area (Å²) in [6.45, 7) is 0. The Hall–Kier alpha value is -3.41. The van der Waals surface area contributed by atoms with Gasteiger partial charge >= 0.3 is 0 Å². The first-order chi connectivity index (χ1) is 11.3. The largest absolute Gasteiger partial charge is 0.457 e. The smallest absolute Gasteiger partial charge is 0.260 e. The molecule has 4 aromatic rings. The van der Waals surface area contributed by atoms with Crippen LogP contribution in [-0.2, 0) is 0 Å². The van der Waals surface area contributed by atoms with Crippen molar-refractivity contribution < 1.29 is 4.74 Å². The third-order valence-electron chi connectivity index (χ3n) is 3.36. The van der Waals surface area contributed by atoms with Crippen LogP contribution in [0.3, 0.4) is 0 Å². The van der Waals surface area contributed by atoms with E-state index >= 15 is 0 Å². The van der Waals surface area contributed by atoms with Crippen molar-refractivity contribution in [1.82, 2.24) is 19.7 Å². The third kappa shape index (κ3) is 2.57. The standard InChI is InChI=1S/C17H12N4O2/c22-16-14-11-13(23-12-5-2-1-3-6-12)7-8-15(14)19-17(20-16)21-10-4-9-18-21/h1-11H,(H,19,20,22). The van der Waals surface area contributed by atoms with E-state index in [2.05, 4.69) is 15.1 Å². The molecular weight excluding hydrogens is 292 g/mol. The number of benzene rings is 2. The molecule has 0 aliphatic heterocycles. The monoisotopic (exact) mass is 304 g/mol. The molecule has 0 spiro atoms. The highest BCUT2D eigenvalue weighted by molar-refractivity contribution is 5.79. The number of nitrogens with one attached hydrogen (secondary N) is 1. The van der Waals surface area contributed by atoms with Crippen molar-refractivity contribution in [1.29, 1.82) is 0 Å². The molecule has 1 N–H and O–H groups in total. The molecule has 0 aliphatic rings. The minimum atomic E-state index is -0.237. The number of para-hydroxylation sites is 1. The molecule has 0 unspecified atom stereocenters. The van der Waals surface area contributed by atoms with Crippen LogP contribution >= 0.6 is 0 Å². The van der Waals surface area contributed by atoms with Crippen LogP contribution in [0.15, 0.2) is 71.8 Å². The first kappa shape index (κ1) is 13.3. The predicted octanol–water partition coefficient (Wildman–Crippen LogP) is 2.90. The summed E-state index contributed by atoms with van der Waals surface area (Å²) < 4.78 is 7.25. The summed E-state index contributed by atoms with van der Waals surface area (Å²) in [5, 5.41) is 4.53. The Labute approximate surface area is 131 Å². The first-order valence-corrected chi connectivity index (χ1v) is 7.06. The van der Waals surface area contributed by atoms with Crippen LogP contribution in [0.5, 0.6) is 11.5 Å². The van der Waals surface area contributed by atoms with Gasteiger partial charge in [0.2, 0.25) is 5.95 Å². The second kappa shape index (κ2) is 5.42. The second-order valence-corrected chi connectivity index (χ2v) is 4.93. The summed E-state index contributed by atoms with van der Waals surface area (Å²) in [6, 6.07) is 16.4. The molecule has 2 aromatic heterocycles. The van der Waals surface area contributed by atoms with E-state index < -0.39 is 0 Å². The van der Waals surface area contributed by atoms with Crippen LogP contribution in [-0.4, -0.2) is 19.7 Å². The molecule has 0 radical (unpaired) electrons. The van der Waals surface area contributed by atoms with E-state index in [0.29, 0.717) is 28.4 Å². The van der Waals surface area contributed by atoms with E-state index in [4.69, 9.17) is 4.74 Å². The zero-order valence-corrected chi connectivity index (χ0v) is 12.0. The highest BCUT2D eigenvalue weighted by Gasteiger charge is 2.07. The SMILES string of the molecule is O=c1[nH]c(-n2cccn2)nc2ccc(Oc3ccccc3)cc12. The molecule has 0 fully saturated rings. The maximum Gasteiger partial charge on any atom is 0.260 e. The second-order valence-electron chi connectivity index (χ2n) is 4.93. The molecule has 0 saturated carbocycles. The van der Waals surface area contributed by atoms with Crippen molar-refractivity contribution in [2.45, 2.75) is 0 Å². The van der Waals surface area contributed by atoms with Gasteiger partial charge in [-0.1, -0.05) is 18.2 Å². The Kier molecular flexibility index (Phi) is 3.12. The van der Waals surface area contributed by atoms with Gasteiger partial charge in [-0.2, -0.15) is 5.10 Å². The van der Waals surface area contributed by atoms with Crippen LogP contribution in [0.25, 0.3) is 16.9 Å². The van der Waals surface area contributed by atoms with Crippen LogP contribution in [0.1, 0.15) is 0 Å². The van der Waals surface area contributed by atoms with Crippen LogP contribution in [0.4, 0.5) is 0 Å². The van der Waals surface area contributed by atoms with Gasteiger partial charge in [-0.25, -0.2) is 9.67 Å². The van der Waals surface area contributed by atoms with Crippen molar-refractivity contribution in [3.63, 3.8) is 0 Å². The van der Waals surface area contributed by atoms with Crippen molar-refractivity contribution in [3.8, 4) is 17.4 Å². The number of fused-ring (bicyclic) bond motifs is 1. The number of rotatable bonds is 3. The van der Waals surface area contributed by atoms with Crippen molar-refractivity contribution in [3.05, 3.63) is 77.3 Å². The molecule has 6 nitrogen and oxygen atoms in total. The predicted molar refractivity (Wildman–Crippen MR) is 86.0 cm³/mol. The Morgan fingerprint density at radius 2 is 1.87 bits per heavy atom. The fourth-order valence-corrected chi connectivity index (χ4v) is 2.30. The summed E-state index contributed by atoms with van der Waals surface area (Å²) in [6.07, 6.45) is 3.35. The minimum absolute atomic E-state index is 0.237. The maximum atomic E-state index is 12.3. The molecule has 2 aromatic carbocycles. The molecular formula is C17H12N4O2. The van der Waals surface area contributed by atoms with Crippen molar-refractivity contribution in [2.75, 3.05) is 0 Å². The Balaban J connectivity index is 1.76. The highest BCUT2D eigenvalue weighted by atomic mass is 16.5. The molecule has 6 heteroatoms. The molecule has 23 heavy (non-hydrogen) atoms. The van der Waals surface area contributed by atoms with Crippen LogP contribution in [0, 0.1) is 0 Å². The van der Waals surface area contributed by atoms with Crippen LogP contribution in [0.2, 0.25) is 0 Å². The minimum Gasteiger partial charge on any atom is -0.457 e. The van der Waals surface area contributed by atoms with Gasteiger partial charge in [0.05, 0.1) is 10.9 Å². The van der Waals surface area contributed by atoms with E-state index in [1.54, 1.807) is 36.7 Å². The molecule has 0 saturated heterocycles. The average Bonchev–Trinajstić information content (AvgIpc) is 3.11. The first-order valence-electron chi connectivity index (χ1n) is 7.06. The molecule has 0 bridgehead atoms. The summed E-state index contributed by atoms with van der Waals surface area (Å²) in [4.78, 5) is 19.4. The zero-order valence-electron chi connectivity index (χ0n) is 12.0. The molecule has 0 aliphatic carbocycles. The zero-order chi connectivity index (χ0) is 15.6. The lowest BCUT2D eigenvalue weighted by atomic mass is 10.2. The summed E-state index contributed by atoms with van der Waals surface area (Å²) in [5.74, 6) is 1.68. The number of aromatic amines is 1. The molecule has 0 amide bonds. The number of H-pyrrole nitrogens is 1. The number of ether oxygens (including phenoxy) is 1. The quantitative estimate of drug-likeness (QED) is 0.631. The van der Waals surface area contributed by atoms with Gasteiger partial charge in [-0.15, -0.1) is 0 Å². The Bertz CT molecular complexity index is 1010. The van der Waals surface area contributed by atoms with E-state index in [9.17, 15) is 4.79 Å². The molecule has 2 heterocycles. The number of hydrogen-bond acceptors (Lipinski definition) is 4. The third-order valence-corrected chi connectivity index (χ3v) is 3.36. The lowest BCUT2D eigenvalue weighted by Gasteiger charge is -2.07. The van der Waals surface area contributed by atoms with Gasteiger partial charge in [-0.05, 0) is 36.4 Å². The van der Waals surface area contributed by atoms with Crippen molar-refractivity contribution >= 4 is 10.9 Å². The fourth-order valence-electron chi connectivity index (χ4n) is 2.30. The summed E-state index contributed by atoms with van der Waals surface area (Å²) in [5.41, 5.74) is 0.346. The lowest BCUT2D eigenvalue weighted by Crippen LogP contribution is -2.13. The van der Waals surface area contributed by atoms with Gasteiger partial charge in [-0.3, -0.25) is 9.78 Å². The van der Waals surface area contributed by atoms with E-state index in [0.717, 1.165) is 0 Å². The Morgan fingerprint density at radius 3 is 2.65 bits per heavy atom. The number of nitrogens with zero attached hydrogens (tertiary/aromatic N) is 3. The van der Waals surface area contributed by atoms with Gasteiger partial charge < -0.3 is 4.74 Å². The molecule has 0 atom stereocenters. The van der Waals surface area contributed by atoms with Gasteiger partial charge in [0.1, 0.15) is 11.5 Å². The highest BCUT2D eigenvalue weighted by Crippen LogP contribution is 2.23. The average molecular weight is 304 g/mol. The molecule has 4 rings (SSSR count). The molecule has 112 valence electrons. The normalized spacial score (nSPS) is 10.8. The maximum absolute atomic E-state index is 12.3. The summed E-state index contributed by atoms with van der Waals surface area (Å²) in [7, 11) is 0.